The molecule has 9 atom stereocenters. The number of esters is 1. The van der Waals surface area contributed by atoms with Crippen molar-refractivity contribution in [1.29, 1.82) is 0 Å². The molecule has 0 aromatic heterocycles. The Morgan fingerprint density at radius 2 is 1.93 bits per heavy atom. The van der Waals surface area contributed by atoms with Crippen molar-refractivity contribution in [2.24, 2.45) is 34.0 Å². The van der Waals surface area contributed by atoms with Gasteiger partial charge in [-0.3, -0.25) is 9.59 Å². The fourth-order valence-corrected chi connectivity index (χ4v) is 8.22. The van der Waals surface area contributed by atoms with Gasteiger partial charge in [-0.15, -0.1) is 0 Å². The predicted octanol–water partition coefficient (Wildman–Crippen LogP) is 0.946. The average molecular weight is 406 g/mol. The van der Waals surface area contributed by atoms with Crippen molar-refractivity contribution in [3.8, 4) is 0 Å². The SMILES string of the molecule is C=C1C(=O)[C@]23[C@H](OC(C)=O)[C@H]1CC[C@H]2[C@@]12CO[C@]3(O)[C@@H](O)[C@@H]1C(C)(C)CC[C@@H]2O. The van der Waals surface area contributed by atoms with Gasteiger partial charge in [-0.2, -0.15) is 0 Å². The Hall–Kier alpha value is -1.28. The first-order chi connectivity index (χ1) is 13.5. The van der Waals surface area contributed by atoms with E-state index < -0.39 is 64.4 Å². The van der Waals surface area contributed by atoms with Gasteiger partial charge in [0.2, 0.25) is 5.79 Å². The molecule has 0 radical (unpaired) electrons. The van der Waals surface area contributed by atoms with Crippen LogP contribution in [0.3, 0.4) is 0 Å². The van der Waals surface area contributed by atoms with Crippen molar-refractivity contribution in [3.05, 3.63) is 12.2 Å². The van der Waals surface area contributed by atoms with Crippen LogP contribution < -0.4 is 0 Å². The molecular formula is C22H30O7. The van der Waals surface area contributed by atoms with Gasteiger partial charge in [-0.1, -0.05) is 20.4 Å². The van der Waals surface area contributed by atoms with Crippen LogP contribution in [-0.4, -0.2) is 57.8 Å². The molecule has 6 aliphatic rings. The molecule has 0 aromatic rings. The van der Waals surface area contributed by atoms with Gasteiger partial charge in [-0.05, 0) is 42.6 Å². The van der Waals surface area contributed by atoms with Crippen LogP contribution in [0.15, 0.2) is 12.2 Å². The zero-order valence-electron chi connectivity index (χ0n) is 17.2. The number of aliphatic hydroxyl groups excluding tert-OH is 2. The van der Waals surface area contributed by atoms with E-state index in [4.69, 9.17) is 9.47 Å². The molecule has 4 bridgehead atoms. The van der Waals surface area contributed by atoms with E-state index in [0.717, 1.165) is 0 Å². The van der Waals surface area contributed by atoms with E-state index in [1.165, 1.54) is 6.92 Å². The number of ether oxygens (including phenoxy) is 2. The Morgan fingerprint density at radius 1 is 1.24 bits per heavy atom. The second-order valence-corrected chi connectivity index (χ2v) is 10.6. The molecule has 2 saturated heterocycles. The van der Waals surface area contributed by atoms with E-state index in [2.05, 4.69) is 6.58 Å². The third-order valence-corrected chi connectivity index (χ3v) is 9.14. The summed E-state index contributed by atoms with van der Waals surface area (Å²) in [7, 11) is 0. The first-order valence-electron chi connectivity index (χ1n) is 10.6. The summed E-state index contributed by atoms with van der Waals surface area (Å²) in [5.74, 6) is -4.46. The van der Waals surface area contributed by atoms with E-state index in [0.29, 0.717) is 31.3 Å². The molecule has 6 rings (SSSR count). The number of fused-ring (bicyclic) bond motifs is 2. The molecule has 0 aromatic carbocycles. The molecule has 4 saturated carbocycles. The largest absolute Gasteiger partial charge is 0.461 e. The Labute approximate surface area is 170 Å². The summed E-state index contributed by atoms with van der Waals surface area (Å²) in [6.07, 6.45) is -0.723. The minimum atomic E-state index is -2.19. The second-order valence-electron chi connectivity index (χ2n) is 10.6. The van der Waals surface area contributed by atoms with Crippen molar-refractivity contribution < 1.29 is 34.4 Å². The summed E-state index contributed by atoms with van der Waals surface area (Å²) in [6.45, 7) is 9.38. The summed E-state index contributed by atoms with van der Waals surface area (Å²) in [5.41, 5.74) is -2.57. The lowest BCUT2D eigenvalue weighted by Crippen LogP contribution is -2.85. The van der Waals surface area contributed by atoms with Gasteiger partial charge >= 0.3 is 5.97 Å². The Morgan fingerprint density at radius 3 is 2.59 bits per heavy atom. The van der Waals surface area contributed by atoms with Crippen molar-refractivity contribution in [2.45, 2.75) is 70.6 Å². The molecule has 29 heavy (non-hydrogen) atoms. The highest BCUT2D eigenvalue weighted by Gasteiger charge is 2.87. The van der Waals surface area contributed by atoms with E-state index in [9.17, 15) is 24.9 Å². The zero-order chi connectivity index (χ0) is 21.1. The normalized spacial score (nSPS) is 54.7. The number of Topliss-reactive ketones (excluding diaryl/α,β-unsaturated/α-hetero) is 1. The van der Waals surface area contributed by atoms with Gasteiger partial charge in [0.1, 0.15) is 17.6 Å². The molecule has 2 heterocycles. The molecule has 0 amide bonds. The highest BCUT2D eigenvalue weighted by atomic mass is 16.6. The summed E-state index contributed by atoms with van der Waals surface area (Å²) in [5, 5.41) is 34.7. The maximum absolute atomic E-state index is 13.7. The maximum Gasteiger partial charge on any atom is 0.302 e. The highest BCUT2D eigenvalue weighted by molar-refractivity contribution is 6.05. The number of rotatable bonds is 1. The van der Waals surface area contributed by atoms with Gasteiger partial charge in [-0.25, -0.2) is 0 Å². The van der Waals surface area contributed by atoms with Crippen LogP contribution in [0.2, 0.25) is 0 Å². The lowest BCUT2D eigenvalue weighted by atomic mass is 9.35. The minimum Gasteiger partial charge on any atom is -0.461 e. The van der Waals surface area contributed by atoms with Crippen LogP contribution in [0.4, 0.5) is 0 Å². The fourth-order valence-electron chi connectivity index (χ4n) is 8.22. The topological polar surface area (TPSA) is 113 Å². The molecule has 160 valence electrons. The van der Waals surface area contributed by atoms with E-state index in [1.807, 2.05) is 13.8 Å². The zero-order valence-corrected chi connectivity index (χ0v) is 17.2. The summed E-state index contributed by atoms with van der Waals surface area (Å²) >= 11 is 0. The summed E-state index contributed by atoms with van der Waals surface area (Å²) in [6, 6.07) is 0. The van der Waals surface area contributed by atoms with E-state index >= 15 is 0 Å². The van der Waals surface area contributed by atoms with Crippen LogP contribution >= 0.6 is 0 Å². The molecule has 7 heteroatoms. The van der Waals surface area contributed by atoms with Gasteiger partial charge in [0, 0.05) is 24.2 Å². The number of aliphatic hydroxyl groups is 3. The van der Waals surface area contributed by atoms with Gasteiger partial charge in [0.15, 0.2) is 5.78 Å². The molecular weight excluding hydrogens is 376 g/mol. The number of carbonyl (C=O) groups excluding carboxylic acids is 2. The predicted molar refractivity (Wildman–Crippen MR) is 100 cm³/mol. The quantitative estimate of drug-likeness (QED) is 0.439. The lowest BCUT2D eigenvalue weighted by Gasteiger charge is -2.74. The summed E-state index contributed by atoms with van der Waals surface area (Å²) < 4.78 is 11.6. The molecule has 0 unspecified atom stereocenters. The number of ketones is 1. The minimum absolute atomic E-state index is 0.0689. The first kappa shape index (κ1) is 19.7. The third-order valence-electron chi connectivity index (χ3n) is 9.14. The first-order valence-corrected chi connectivity index (χ1v) is 10.6. The molecule has 7 nitrogen and oxygen atoms in total. The second kappa shape index (κ2) is 5.49. The summed E-state index contributed by atoms with van der Waals surface area (Å²) in [4.78, 5) is 25.6. The molecule has 2 spiro atoms. The van der Waals surface area contributed by atoms with Crippen molar-refractivity contribution in [2.75, 3.05) is 6.61 Å². The number of hydrogen-bond acceptors (Lipinski definition) is 7. The van der Waals surface area contributed by atoms with Crippen molar-refractivity contribution >= 4 is 11.8 Å². The molecule has 4 aliphatic carbocycles. The Bertz CT molecular complexity index is 820. The average Bonchev–Trinajstić information content (AvgIpc) is 2.75. The Kier molecular flexibility index (Phi) is 3.73. The van der Waals surface area contributed by atoms with Gasteiger partial charge in [0.05, 0.1) is 12.7 Å². The molecule has 3 N–H and O–H groups in total. The number of carbonyl (C=O) groups is 2. The molecule has 6 fully saturated rings. The van der Waals surface area contributed by atoms with Gasteiger partial charge in [0.25, 0.3) is 0 Å². The standard InChI is InChI=1S/C22H30O7/c1-10-12-5-6-13-20-9-28-22(27,21(13,16(10)25)18(12)29-11(2)23)17(26)15(20)19(3,4)8-7-14(20)24/h12-15,17-18,24,26-27H,1,5-9H2,2-4H3/t12-,13-,14-,15+,17-,18+,20+,21-,22+/m0/s1. The Balaban J connectivity index is 1.80. The highest BCUT2D eigenvalue weighted by Crippen LogP contribution is 2.76. The third kappa shape index (κ3) is 1.86. The van der Waals surface area contributed by atoms with Gasteiger partial charge < -0.3 is 24.8 Å². The van der Waals surface area contributed by atoms with Crippen LogP contribution in [-0.2, 0) is 19.1 Å². The fraction of sp³-hybridized carbons (Fsp3) is 0.818. The van der Waals surface area contributed by atoms with Crippen LogP contribution in [0.1, 0.15) is 46.5 Å². The smallest absolute Gasteiger partial charge is 0.302 e. The van der Waals surface area contributed by atoms with Crippen molar-refractivity contribution in [3.63, 3.8) is 0 Å². The maximum atomic E-state index is 13.7. The monoisotopic (exact) mass is 406 g/mol. The van der Waals surface area contributed by atoms with E-state index in [-0.39, 0.29) is 12.0 Å². The van der Waals surface area contributed by atoms with Crippen molar-refractivity contribution in [1.82, 2.24) is 0 Å². The number of hydrogen-bond donors (Lipinski definition) is 3. The van der Waals surface area contributed by atoms with E-state index in [1.54, 1.807) is 0 Å². The van der Waals surface area contributed by atoms with Crippen LogP contribution in [0, 0.1) is 34.0 Å². The molecule has 2 aliphatic heterocycles. The lowest BCUT2D eigenvalue weighted by molar-refractivity contribution is -0.458. The van der Waals surface area contributed by atoms with Crippen LogP contribution in [0.5, 0.6) is 0 Å². The van der Waals surface area contributed by atoms with Crippen LogP contribution in [0.25, 0.3) is 0 Å².